The molecule has 1 amide bonds. The molecule has 0 saturated carbocycles. The van der Waals surface area contributed by atoms with Crippen LogP contribution in [0.25, 0.3) is 0 Å². The second-order valence-electron chi connectivity index (χ2n) is 11.8. The van der Waals surface area contributed by atoms with Crippen LogP contribution in [-0.2, 0) is 23.7 Å². The summed E-state index contributed by atoms with van der Waals surface area (Å²) < 4.78 is 6.92. The lowest BCUT2D eigenvalue weighted by Crippen LogP contribution is -2.48. The number of benzene rings is 2. The van der Waals surface area contributed by atoms with Crippen LogP contribution in [0.1, 0.15) is 62.4 Å². The predicted molar refractivity (Wildman–Crippen MR) is 169 cm³/mol. The molecule has 1 saturated heterocycles. The minimum absolute atomic E-state index is 0.0175. The van der Waals surface area contributed by atoms with E-state index >= 15 is 0 Å². The molecule has 2 aromatic carbocycles. The quantitative estimate of drug-likeness (QED) is 0.178. The van der Waals surface area contributed by atoms with Crippen molar-refractivity contribution in [2.45, 2.75) is 63.9 Å². The maximum absolute atomic E-state index is 13.2. The van der Waals surface area contributed by atoms with Gasteiger partial charge in [0.2, 0.25) is 5.91 Å². The highest BCUT2D eigenvalue weighted by Gasteiger charge is 2.21. The van der Waals surface area contributed by atoms with Crippen LogP contribution in [0.2, 0.25) is 0 Å². The molecule has 1 aromatic heterocycles. The molecule has 1 fully saturated rings. The maximum atomic E-state index is 13.2. The Morgan fingerprint density at radius 3 is 2.24 bits per heavy atom. The SMILES string of the molecule is COc1ccc(N2CCN(C(=O)CCCCSc3nc(C)c(Cc4ccc(C(C)(C)C)cc4)c(=O)n3C)CC2)cc1. The number of hydrogen-bond donors (Lipinski definition) is 0. The van der Waals surface area contributed by atoms with Crippen LogP contribution in [0.15, 0.2) is 58.5 Å². The molecule has 0 bridgehead atoms. The van der Waals surface area contributed by atoms with E-state index in [0.29, 0.717) is 12.8 Å². The van der Waals surface area contributed by atoms with E-state index in [9.17, 15) is 9.59 Å². The van der Waals surface area contributed by atoms with Crippen LogP contribution in [0.3, 0.4) is 0 Å². The summed E-state index contributed by atoms with van der Waals surface area (Å²) in [5.41, 5.74) is 5.22. The standard InChI is InChI=1S/C33H44N4O3S/c1-24-29(23-25-10-12-26(13-11-25)33(2,3)4)31(39)35(5)32(34-24)41-22-8-7-9-30(38)37-20-18-36(19-21-37)27-14-16-28(40-6)17-15-27/h10-17H,7-9,18-23H2,1-6H3. The number of hydrogen-bond acceptors (Lipinski definition) is 6. The molecule has 4 rings (SSSR count). The first-order valence-corrected chi connectivity index (χ1v) is 15.5. The number of anilines is 1. The fourth-order valence-electron chi connectivity index (χ4n) is 5.10. The second-order valence-corrected chi connectivity index (χ2v) is 12.9. The van der Waals surface area contributed by atoms with E-state index in [2.05, 4.69) is 62.1 Å². The molecule has 3 aromatic rings. The molecule has 0 aliphatic carbocycles. The molecule has 0 N–H and O–H groups in total. The van der Waals surface area contributed by atoms with Gasteiger partial charge in [0.05, 0.1) is 7.11 Å². The van der Waals surface area contributed by atoms with Crippen molar-refractivity contribution in [2.75, 3.05) is 43.9 Å². The number of thioether (sulfide) groups is 1. The van der Waals surface area contributed by atoms with Crippen LogP contribution < -0.4 is 15.2 Å². The number of rotatable bonds is 10. The topological polar surface area (TPSA) is 67.7 Å². The van der Waals surface area contributed by atoms with E-state index in [1.54, 1.807) is 30.5 Å². The van der Waals surface area contributed by atoms with Crippen LogP contribution >= 0.6 is 11.8 Å². The molecule has 0 radical (unpaired) electrons. The Labute approximate surface area is 248 Å². The Kier molecular flexibility index (Phi) is 10.2. The van der Waals surface area contributed by atoms with Gasteiger partial charge in [-0.25, -0.2) is 4.98 Å². The van der Waals surface area contributed by atoms with Crippen molar-refractivity contribution in [2.24, 2.45) is 7.05 Å². The molecular weight excluding hydrogens is 532 g/mol. The highest BCUT2D eigenvalue weighted by Crippen LogP contribution is 2.24. The van der Waals surface area contributed by atoms with Gasteiger partial charge in [-0.05, 0) is 60.6 Å². The van der Waals surface area contributed by atoms with Gasteiger partial charge in [-0.1, -0.05) is 56.8 Å². The van der Waals surface area contributed by atoms with Crippen molar-refractivity contribution in [3.8, 4) is 5.75 Å². The number of piperazine rings is 1. The molecule has 1 aliphatic heterocycles. The molecule has 7 nitrogen and oxygen atoms in total. The summed E-state index contributed by atoms with van der Waals surface area (Å²) in [4.78, 5) is 35.0. The summed E-state index contributed by atoms with van der Waals surface area (Å²) in [6.45, 7) is 11.7. The molecular formula is C33H44N4O3S. The molecule has 0 spiro atoms. The molecule has 0 unspecified atom stereocenters. The van der Waals surface area contributed by atoms with Gasteiger partial charge < -0.3 is 14.5 Å². The number of unbranched alkanes of at least 4 members (excludes halogenated alkanes) is 1. The minimum Gasteiger partial charge on any atom is -0.497 e. The van der Waals surface area contributed by atoms with Gasteiger partial charge in [0.1, 0.15) is 5.75 Å². The predicted octanol–water partition coefficient (Wildman–Crippen LogP) is 5.60. The summed E-state index contributed by atoms with van der Waals surface area (Å²) >= 11 is 1.59. The molecule has 0 atom stereocenters. The zero-order valence-corrected chi connectivity index (χ0v) is 26.2. The monoisotopic (exact) mass is 576 g/mol. The van der Waals surface area contributed by atoms with E-state index in [4.69, 9.17) is 9.72 Å². The maximum Gasteiger partial charge on any atom is 0.257 e. The van der Waals surface area contributed by atoms with Gasteiger partial charge in [0.15, 0.2) is 5.16 Å². The lowest BCUT2D eigenvalue weighted by atomic mass is 9.86. The minimum atomic E-state index is 0.0175. The van der Waals surface area contributed by atoms with E-state index in [-0.39, 0.29) is 16.9 Å². The van der Waals surface area contributed by atoms with Crippen LogP contribution in [0, 0.1) is 6.92 Å². The number of nitrogens with zero attached hydrogens (tertiary/aromatic N) is 4. The fraction of sp³-hybridized carbons (Fsp3) is 0.485. The zero-order valence-electron chi connectivity index (χ0n) is 25.4. The number of carbonyl (C=O) groups is 1. The normalized spacial score (nSPS) is 13.9. The Morgan fingerprint density at radius 2 is 1.63 bits per heavy atom. The third-order valence-electron chi connectivity index (χ3n) is 7.84. The van der Waals surface area contributed by atoms with Crippen molar-refractivity contribution < 1.29 is 9.53 Å². The zero-order chi connectivity index (χ0) is 29.6. The first-order valence-electron chi connectivity index (χ1n) is 14.5. The van der Waals surface area contributed by atoms with Crippen molar-refractivity contribution in [3.05, 3.63) is 81.3 Å². The second kappa shape index (κ2) is 13.6. The Balaban J connectivity index is 1.21. The number of amides is 1. The number of carbonyl (C=O) groups excluding carboxylic acids is 1. The van der Waals surface area contributed by atoms with Crippen molar-refractivity contribution in [3.63, 3.8) is 0 Å². The first kappa shape index (κ1) is 30.7. The smallest absolute Gasteiger partial charge is 0.257 e. The summed E-state index contributed by atoms with van der Waals surface area (Å²) in [5.74, 6) is 1.90. The average molecular weight is 577 g/mol. The Bertz CT molecular complexity index is 1370. The number of aromatic nitrogens is 2. The van der Waals surface area contributed by atoms with Gasteiger partial charge in [-0.3, -0.25) is 14.2 Å². The van der Waals surface area contributed by atoms with Gasteiger partial charge in [-0.2, -0.15) is 0 Å². The van der Waals surface area contributed by atoms with Crippen molar-refractivity contribution in [1.82, 2.24) is 14.5 Å². The Hall–Kier alpha value is -3.26. The summed E-state index contributed by atoms with van der Waals surface area (Å²) in [6, 6.07) is 16.6. The molecule has 2 heterocycles. The third-order valence-corrected chi connectivity index (χ3v) is 8.95. The van der Waals surface area contributed by atoms with Crippen molar-refractivity contribution in [1.29, 1.82) is 0 Å². The van der Waals surface area contributed by atoms with Crippen molar-refractivity contribution >= 4 is 23.4 Å². The molecule has 41 heavy (non-hydrogen) atoms. The van der Waals surface area contributed by atoms with E-state index in [1.165, 1.54) is 5.56 Å². The lowest BCUT2D eigenvalue weighted by molar-refractivity contribution is -0.131. The number of ether oxygens (including phenoxy) is 1. The van der Waals surface area contributed by atoms with Gasteiger partial charge in [0, 0.05) is 68.8 Å². The summed E-state index contributed by atoms with van der Waals surface area (Å²) in [7, 11) is 3.47. The highest BCUT2D eigenvalue weighted by molar-refractivity contribution is 7.99. The van der Waals surface area contributed by atoms with Crippen LogP contribution in [0.4, 0.5) is 5.69 Å². The van der Waals surface area contributed by atoms with Gasteiger partial charge >= 0.3 is 0 Å². The first-order chi connectivity index (χ1) is 19.6. The highest BCUT2D eigenvalue weighted by atomic mass is 32.2. The van der Waals surface area contributed by atoms with E-state index in [1.807, 2.05) is 24.0 Å². The number of methoxy groups -OCH3 is 1. The van der Waals surface area contributed by atoms with Gasteiger partial charge in [-0.15, -0.1) is 0 Å². The third kappa shape index (κ3) is 7.94. The summed E-state index contributed by atoms with van der Waals surface area (Å²) in [5, 5.41) is 0.736. The van der Waals surface area contributed by atoms with Crippen LogP contribution in [0.5, 0.6) is 5.75 Å². The fourth-order valence-corrected chi connectivity index (χ4v) is 6.11. The molecule has 220 valence electrons. The molecule has 1 aliphatic rings. The van der Waals surface area contributed by atoms with E-state index in [0.717, 1.165) is 78.2 Å². The van der Waals surface area contributed by atoms with E-state index < -0.39 is 0 Å². The molecule has 8 heteroatoms. The summed E-state index contributed by atoms with van der Waals surface area (Å²) in [6.07, 6.45) is 2.87. The number of aryl methyl sites for hydroxylation is 1. The van der Waals surface area contributed by atoms with Crippen LogP contribution in [-0.4, -0.2) is 59.4 Å². The Morgan fingerprint density at radius 1 is 0.976 bits per heavy atom. The van der Waals surface area contributed by atoms with Gasteiger partial charge in [0.25, 0.3) is 5.56 Å². The lowest BCUT2D eigenvalue weighted by Gasteiger charge is -2.36. The average Bonchev–Trinajstić information content (AvgIpc) is 2.97. The largest absolute Gasteiger partial charge is 0.497 e.